The first kappa shape index (κ1) is 31.8. The van der Waals surface area contributed by atoms with Crippen molar-refractivity contribution in [3.05, 3.63) is 78.0 Å². The predicted molar refractivity (Wildman–Crippen MR) is 154 cm³/mol. The highest BCUT2D eigenvalue weighted by Gasteiger charge is 2.24. The van der Waals surface area contributed by atoms with Crippen LogP contribution in [0.1, 0.15) is 20.3 Å². The van der Waals surface area contributed by atoms with Crippen molar-refractivity contribution >= 4 is 26.6 Å². The zero-order chi connectivity index (χ0) is 31.3. The Morgan fingerprint density at radius 1 is 0.907 bits per heavy atom. The molecule has 0 aliphatic heterocycles. The zero-order valence-electron chi connectivity index (χ0n) is 24.0. The van der Waals surface area contributed by atoms with Gasteiger partial charge in [-0.2, -0.15) is 0 Å². The summed E-state index contributed by atoms with van der Waals surface area (Å²) in [6.45, 7) is 6.65. The molecule has 0 amide bonds. The van der Waals surface area contributed by atoms with E-state index in [1.165, 1.54) is 25.4 Å². The molecule has 0 saturated carbocycles. The van der Waals surface area contributed by atoms with E-state index >= 15 is 4.39 Å². The van der Waals surface area contributed by atoms with Crippen LogP contribution in [-0.2, 0) is 10.0 Å². The average molecular weight is 622 g/mol. The Kier molecular flexibility index (Phi) is 9.97. The quantitative estimate of drug-likeness (QED) is 0.100. The van der Waals surface area contributed by atoms with Crippen LogP contribution in [0, 0.1) is 29.2 Å². The van der Waals surface area contributed by atoms with E-state index in [4.69, 9.17) is 14.2 Å². The lowest BCUT2D eigenvalue weighted by Gasteiger charge is -2.19. The molecular weight excluding hydrogens is 590 g/mol. The van der Waals surface area contributed by atoms with Gasteiger partial charge in [-0.3, -0.25) is 9.71 Å². The minimum Gasteiger partial charge on any atom is -0.493 e. The molecule has 13 heteroatoms. The molecule has 8 nitrogen and oxygen atoms in total. The minimum absolute atomic E-state index is 0.237. The van der Waals surface area contributed by atoms with Crippen LogP contribution < -0.4 is 18.9 Å². The highest BCUT2D eigenvalue weighted by atomic mass is 32.2. The lowest BCUT2D eigenvalue weighted by atomic mass is 10.1. The Bertz CT molecular complexity index is 1720. The van der Waals surface area contributed by atoms with Crippen molar-refractivity contribution in [1.29, 1.82) is 0 Å². The maximum Gasteiger partial charge on any atom is 0.264 e. The van der Waals surface area contributed by atoms with Gasteiger partial charge in [-0.25, -0.2) is 26.0 Å². The minimum atomic E-state index is -4.71. The van der Waals surface area contributed by atoms with Gasteiger partial charge >= 0.3 is 0 Å². The van der Waals surface area contributed by atoms with Gasteiger partial charge in [-0.15, -0.1) is 0 Å². The first-order valence-electron chi connectivity index (χ1n) is 13.3. The molecule has 0 bridgehead atoms. The van der Waals surface area contributed by atoms with E-state index in [1.807, 2.05) is 4.72 Å². The topological polar surface area (TPSA) is 90.0 Å². The number of sulfonamides is 1. The number of fused-ring (bicyclic) bond motifs is 1. The standard InChI is InChI=1S/C30H31F4N3O5S/c1-18(2)17-37(3)12-5-13-41-27-16-23-20(15-26(27)40-4)24(10-11-35-23)42-25-8-6-19(14-22(25)32)36-43(38,39)28-9-7-21(31)29(33)30(28)34/h6-11,14-16,18,36H,5,12-13,17H2,1-4H3. The molecule has 1 heterocycles. The van der Waals surface area contributed by atoms with Gasteiger partial charge in [0, 0.05) is 36.8 Å². The Labute approximate surface area is 247 Å². The molecule has 0 spiro atoms. The van der Waals surface area contributed by atoms with E-state index in [0.29, 0.717) is 47.1 Å². The molecule has 4 rings (SSSR count). The molecular formula is C30H31F4N3O5S. The van der Waals surface area contributed by atoms with E-state index in [1.54, 1.807) is 12.1 Å². The lowest BCUT2D eigenvalue weighted by Crippen LogP contribution is -2.25. The van der Waals surface area contributed by atoms with Crippen LogP contribution in [0.4, 0.5) is 23.2 Å². The highest BCUT2D eigenvalue weighted by molar-refractivity contribution is 7.92. The second kappa shape index (κ2) is 13.5. The first-order valence-corrected chi connectivity index (χ1v) is 14.8. The smallest absolute Gasteiger partial charge is 0.264 e. The summed E-state index contributed by atoms with van der Waals surface area (Å²) in [6.07, 6.45) is 2.29. The maximum absolute atomic E-state index is 15.0. The third-order valence-corrected chi connectivity index (χ3v) is 7.70. The lowest BCUT2D eigenvalue weighted by molar-refractivity contribution is 0.242. The van der Waals surface area contributed by atoms with Crippen molar-refractivity contribution in [2.45, 2.75) is 25.2 Å². The van der Waals surface area contributed by atoms with Crippen molar-refractivity contribution in [2.24, 2.45) is 5.92 Å². The van der Waals surface area contributed by atoms with E-state index < -0.39 is 38.2 Å². The number of rotatable bonds is 13. The predicted octanol–water partition coefficient (Wildman–Crippen LogP) is 6.75. The molecule has 1 aromatic heterocycles. The molecule has 1 N–H and O–H groups in total. The van der Waals surface area contributed by atoms with Crippen LogP contribution in [0.25, 0.3) is 10.9 Å². The third-order valence-electron chi connectivity index (χ3n) is 6.30. The van der Waals surface area contributed by atoms with Gasteiger partial charge in [0.1, 0.15) is 10.6 Å². The fraction of sp³-hybridized carbons (Fsp3) is 0.300. The molecule has 230 valence electrons. The van der Waals surface area contributed by atoms with Gasteiger partial charge in [-0.05, 0) is 55.8 Å². The third kappa shape index (κ3) is 7.65. The number of hydrogen-bond acceptors (Lipinski definition) is 7. The summed E-state index contributed by atoms with van der Waals surface area (Å²) in [5.41, 5.74) is 0.205. The number of anilines is 1. The van der Waals surface area contributed by atoms with Crippen LogP contribution in [0.3, 0.4) is 0 Å². The van der Waals surface area contributed by atoms with Gasteiger partial charge in [0.25, 0.3) is 10.0 Å². The van der Waals surface area contributed by atoms with Gasteiger partial charge in [-0.1, -0.05) is 13.8 Å². The van der Waals surface area contributed by atoms with Crippen LogP contribution >= 0.6 is 0 Å². The maximum atomic E-state index is 15.0. The molecule has 0 aliphatic carbocycles. The molecule has 43 heavy (non-hydrogen) atoms. The fourth-order valence-electron chi connectivity index (χ4n) is 4.41. The summed E-state index contributed by atoms with van der Waals surface area (Å²) in [7, 11) is -1.15. The summed E-state index contributed by atoms with van der Waals surface area (Å²) in [4.78, 5) is 5.46. The van der Waals surface area contributed by atoms with Crippen molar-refractivity contribution in [1.82, 2.24) is 9.88 Å². The number of hydrogen-bond donors (Lipinski definition) is 1. The number of halogens is 4. The molecule has 0 fully saturated rings. The summed E-state index contributed by atoms with van der Waals surface area (Å²) in [6, 6.07) is 9.05. The molecule has 3 aromatic carbocycles. The Balaban J connectivity index is 1.50. The van der Waals surface area contributed by atoms with Crippen LogP contribution in [0.5, 0.6) is 23.0 Å². The highest BCUT2D eigenvalue weighted by Crippen LogP contribution is 2.38. The molecule has 0 saturated heterocycles. The van der Waals surface area contributed by atoms with Gasteiger partial charge in [0.15, 0.2) is 40.5 Å². The average Bonchev–Trinajstić information content (AvgIpc) is 2.94. The number of ether oxygens (including phenoxy) is 3. The number of pyridine rings is 1. The van der Waals surface area contributed by atoms with Crippen molar-refractivity contribution in [2.75, 3.05) is 38.6 Å². The van der Waals surface area contributed by atoms with Crippen molar-refractivity contribution in [3.8, 4) is 23.0 Å². The van der Waals surface area contributed by atoms with E-state index in [9.17, 15) is 21.6 Å². The summed E-state index contributed by atoms with van der Waals surface area (Å²) in [5.74, 6) is -4.86. The largest absolute Gasteiger partial charge is 0.493 e. The number of benzene rings is 3. The van der Waals surface area contributed by atoms with Crippen LogP contribution in [0.2, 0.25) is 0 Å². The number of nitrogens with one attached hydrogen (secondary N) is 1. The van der Waals surface area contributed by atoms with Crippen LogP contribution in [-0.4, -0.2) is 52.2 Å². The van der Waals surface area contributed by atoms with Crippen molar-refractivity contribution < 1.29 is 40.2 Å². The molecule has 0 atom stereocenters. The Morgan fingerprint density at radius 2 is 1.67 bits per heavy atom. The van der Waals surface area contributed by atoms with Gasteiger partial charge < -0.3 is 19.1 Å². The Morgan fingerprint density at radius 3 is 2.37 bits per heavy atom. The van der Waals surface area contributed by atoms with Gasteiger partial charge in [0.05, 0.1) is 24.9 Å². The zero-order valence-corrected chi connectivity index (χ0v) is 24.8. The summed E-state index contributed by atoms with van der Waals surface area (Å²) >= 11 is 0. The number of aromatic nitrogens is 1. The second-order valence-corrected chi connectivity index (χ2v) is 11.9. The molecule has 0 unspecified atom stereocenters. The van der Waals surface area contributed by atoms with E-state index in [2.05, 4.69) is 30.8 Å². The number of nitrogens with zero attached hydrogens (tertiary/aromatic N) is 2. The van der Waals surface area contributed by atoms with E-state index in [0.717, 1.165) is 31.6 Å². The fourth-order valence-corrected chi connectivity index (χ4v) is 5.53. The van der Waals surface area contributed by atoms with Gasteiger partial charge in [0.2, 0.25) is 0 Å². The van der Waals surface area contributed by atoms with E-state index in [-0.39, 0.29) is 17.2 Å². The van der Waals surface area contributed by atoms with Crippen LogP contribution in [0.15, 0.2) is 59.6 Å². The normalized spacial score (nSPS) is 11.8. The first-order chi connectivity index (χ1) is 20.4. The molecule has 4 aromatic rings. The Hall–Kier alpha value is -4.10. The number of methoxy groups -OCH3 is 1. The monoisotopic (exact) mass is 621 g/mol. The summed E-state index contributed by atoms with van der Waals surface area (Å²) in [5, 5.41) is 0.501. The molecule has 0 aliphatic rings. The SMILES string of the molecule is COc1cc2c(Oc3ccc(NS(=O)(=O)c4ccc(F)c(F)c4F)cc3F)ccnc2cc1OCCCN(C)CC(C)C. The second-order valence-electron chi connectivity index (χ2n) is 10.2. The van der Waals surface area contributed by atoms with Crippen molar-refractivity contribution in [3.63, 3.8) is 0 Å². The summed E-state index contributed by atoms with van der Waals surface area (Å²) < 4.78 is 100. The molecule has 0 radical (unpaired) electrons.